The molecule has 3 heterocycles. The highest BCUT2D eigenvalue weighted by molar-refractivity contribution is 5.99. The fourth-order valence-corrected chi connectivity index (χ4v) is 8.75. The van der Waals surface area contributed by atoms with E-state index in [4.69, 9.17) is 21.9 Å². The molecule has 0 bridgehead atoms. The maximum atomic E-state index is 14.6. The van der Waals surface area contributed by atoms with Gasteiger partial charge in [0.2, 0.25) is 47.3 Å². The van der Waals surface area contributed by atoms with Crippen LogP contribution in [0.2, 0.25) is 0 Å². The fraction of sp³-hybridized carbons (Fsp3) is 0.481. The topological polar surface area (TPSA) is 476 Å². The zero-order valence-electron chi connectivity index (χ0n) is 47.3. The Kier molecular flexibility index (Phi) is 24.3. The first-order valence-corrected chi connectivity index (χ1v) is 27.2. The number of aromatic nitrogens is 3. The molecule has 84 heavy (non-hydrogen) atoms. The molecule has 0 aliphatic carbocycles. The predicted molar refractivity (Wildman–Crippen MR) is 304 cm³/mol. The van der Waals surface area contributed by atoms with E-state index in [2.05, 4.69) is 67.9 Å². The third-order valence-corrected chi connectivity index (χ3v) is 13.0. The number of urea groups is 1. The molecule has 8 atom stereocenters. The van der Waals surface area contributed by atoms with Crippen LogP contribution in [0.5, 0.6) is 5.75 Å². The molecule has 1 aliphatic rings. The van der Waals surface area contributed by atoms with Crippen LogP contribution in [0.3, 0.4) is 0 Å². The molecule has 0 unspecified atom stereocenters. The molecule has 0 spiro atoms. The number of primary amides is 1. The number of carbonyl (C=O) groups excluding carboxylic acids is 10. The van der Waals surface area contributed by atoms with Gasteiger partial charge in [0.1, 0.15) is 54.1 Å². The summed E-state index contributed by atoms with van der Waals surface area (Å²) in [6.07, 6.45) is 4.33. The number of aromatic hydroxyl groups is 1. The Labute approximate surface area is 483 Å². The molecule has 1 aliphatic heterocycles. The molecule has 4 aromatic rings. The number of aromatic amines is 2. The molecule has 1 saturated heterocycles. The van der Waals surface area contributed by atoms with E-state index in [1.54, 1.807) is 65.1 Å². The third kappa shape index (κ3) is 21.2. The maximum absolute atomic E-state index is 14.6. The number of hydrogen-bond donors (Lipinski definition) is 17. The van der Waals surface area contributed by atoms with Gasteiger partial charge in [-0.05, 0) is 81.7 Å². The molecular formula is C54H77N17O13. The van der Waals surface area contributed by atoms with Gasteiger partial charge < -0.3 is 84.7 Å². The SMILES string of the molecule is CC(C)C[C@H](NC(=O)[C@@H](COC(C)(C)C)NC(=O)[C@H](Cc1ccc(O)cc1)NC(=O)[C@H](CO)NC(=O)[C@H](Cc1c[nH]c2ccccc12)NC(=O)[C@H](Cc1cnc[nH]1)NC(=O)[C@@H]1CCC(=O)N1)C(=O)N[C@@H](CCCN=C(N)N)C(=O)NNC(N)=O. The number of aliphatic imine (C=N–C) groups is 1. The number of imidazole rings is 1. The number of nitrogens with zero attached hydrogens (tertiary/aromatic N) is 2. The van der Waals surface area contributed by atoms with E-state index in [1.165, 1.54) is 36.8 Å². The maximum Gasteiger partial charge on any atom is 0.330 e. The lowest BCUT2D eigenvalue weighted by Gasteiger charge is -2.29. The summed E-state index contributed by atoms with van der Waals surface area (Å²) in [5.41, 5.74) is 21.3. The number of aliphatic hydroxyl groups is 1. The lowest BCUT2D eigenvalue weighted by molar-refractivity contribution is -0.137. The van der Waals surface area contributed by atoms with Gasteiger partial charge in [-0.2, -0.15) is 0 Å². The van der Waals surface area contributed by atoms with Crippen LogP contribution in [0, 0.1) is 5.92 Å². The molecule has 20 N–H and O–H groups in total. The van der Waals surface area contributed by atoms with Crippen LogP contribution in [0.15, 0.2) is 72.2 Å². The average Bonchev–Trinajstić information content (AvgIpc) is 4.39. The van der Waals surface area contributed by atoms with Gasteiger partial charge in [0.05, 0.1) is 25.1 Å². The van der Waals surface area contributed by atoms with Crippen molar-refractivity contribution >= 4 is 76.1 Å². The number of nitrogens with two attached hydrogens (primary N) is 3. The third-order valence-electron chi connectivity index (χ3n) is 13.0. The van der Waals surface area contributed by atoms with Gasteiger partial charge >= 0.3 is 6.03 Å². The van der Waals surface area contributed by atoms with Gasteiger partial charge in [0, 0.05) is 61.2 Å². The normalized spacial score (nSPS) is 15.6. The number of nitrogens with one attached hydrogen (secondary N) is 12. The van der Waals surface area contributed by atoms with Crippen LogP contribution in [0.4, 0.5) is 4.79 Å². The summed E-state index contributed by atoms with van der Waals surface area (Å²) in [7, 11) is 0. The second kappa shape index (κ2) is 31.2. The Morgan fingerprint density at radius 3 is 1.89 bits per heavy atom. The number of H-pyrrole nitrogens is 2. The molecule has 5 rings (SSSR count). The molecule has 0 saturated carbocycles. The van der Waals surface area contributed by atoms with E-state index in [1.807, 2.05) is 5.43 Å². The van der Waals surface area contributed by atoms with Crippen LogP contribution >= 0.6 is 0 Å². The fourth-order valence-electron chi connectivity index (χ4n) is 8.75. The number of aliphatic hydroxyl groups excluding tert-OH is 1. The summed E-state index contributed by atoms with van der Waals surface area (Å²) >= 11 is 0. The average molecular weight is 1170 g/mol. The first-order chi connectivity index (χ1) is 39.8. The number of benzene rings is 2. The van der Waals surface area contributed by atoms with Gasteiger partial charge in [-0.3, -0.25) is 53.6 Å². The van der Waals surface area contributed by atoms with E-state index in [-0.39, 0.29) is 81.4 Å². The Morgan fingerprint density at radius 2 is 1.30 bits per heavy atom. The molecule has 456 valence electrons. The van der Waals surface area contributed by atoms with E-state index in [9.17, 15) is 58.2 Å². The minimum Gasteiger partial charge on any atom is -0.508 e. The summed E-state index contributed by atoms with van der Waals surface area (Å²) in [4.78, 5) is 150. The van der Waals surface area contributed by atoms with Crippen molar-refractivity contribution in [2.75, 3.05) is 19.8 Å². The number of hydrogen-bond acceptors (Lipinski definition) is 15. The Hall–Kier alpha value is -9.32. The zero-order valence-corrected chi connectivity index (χ0v) is 47.3. The molecule has 30 nitrogen and oxygen atoms in total. The quantitative estimate of drug-likeness (QED) is 0.0106. The van der Waals surface area contributed by atoms with Crippen LogP contribution in [-0.4, -0.2) is 164 Å². The number of carbonyl (C=O) groups is 10. The van der Waals surface area contributed by atoms with Gasteiger partial charge in [0.25, 0.3) is 5.91 Å². The van der Waals surface area contributed by atoms with Crippen molar-refractivity contribution in [2.45, 2.75) is 140 Å². The Balaban J connectivity index is 1.41. The van der Waals surface area contributed by atoms with Crippen molar-refractivity contribution in [2.24, 2.45) is 28.1 Å². The number of rotatable bonds is 30. The summed E-state index contributed by atoms with van der Waals surface area (Å²) in [5, 5.41) is 42.4. The number of ether oxygens (including phenoxy) is 1. The van der Waals surface area contributed by atoms with E-state index in [0.717, 1.165) is 0 Å². The standard InChI is InChI=1S/C54H77N17O13/c1-28(2)19-37(45(76)63-35(11-8-18-59-52(55)56)51(82)70-71-53(57)83)64-50(81)42(26-84-54(3,4)5)69-46(77)38(20-29-12-14-32(73)15-13-29)65-49(80)41(25-72)68-47(78)39(21-30-23-60-34-10-7-6-9-33(30)34)66-48(79)40(22-31-24-58-27-61-31)67-44(75)36-16-17-43(74)62-36/h6-7,9-10,12-15,23-24,27-28,35-42,60,72-73H,8,11,16-22,25-26H2,1-5H3,(H,58,61)(H,62,74)(H,63,76)(H,64,81)(H,65,80)(H,66,79)(H,67,75)(H,68,78)(H,69,77)(H,70,82)(H4,55,56,59)(H3,57,71,83)/t35-,36-,37-,38-,39-,40-,41-,42+/m0/s1. The van der Waals surface area contributed by atoms with Gasteiger partial charge in [-0.15, -0.1) is 0 Å². The molecule has 2 aromatic carbocycles. The first-order valence-electron chi connectivity index (χ1n) is 27.2. The number of amides is 11. The van der Waals surface area contributed by atoms with Crippen LogP contribution < -0.4 is 70.6 Å². The summed E-state index contributed by atoms with van der Waals surface area (Å²) in [6, 6.07) is 0.375. The number of guanidine groups is 1. The van der Waals surface area contributed by atoms with Crippen molar-refractivity contribution in [3.8, 4) is 5.75 Å². The minimum absolute atomic E-state index is 0.0179. The summed E-state index contributed by atoms with van der Waals surface area (Å²) in [5.74, 6) is -8.01. The van der Waals surface area contributed by atoms with Crippen molar-refractivity contribution in [1.82, 2.24) is 68.3 Å². The number of para-hydroxylation sites is 1. The minimum atomic E-state index is -1.79. The lowest BCUT2D eigenvalue weighted by Crippen LogP contribution is -2.62. The first kappa shape index (κ1) is 65.5. The zero-order chi connectivity index (χ0) is 61.7. The van der Waals surface area contributed by atoms with Crippen LogP contribution in [0.1, 0.15) is 83.5 Å². The van der Waals surface area contributed by atoms with Crippen LogP contribution in [-0.2, 0) is 67.2 Å². The molecule has 2 aromatic heterocycles. The monoisotopic (exact) mass is 1170 g/mol. The highest BCUT2D eigenvalue weighted by Gasteiger charge is 2.37. The van der Waals surface area contributed by atoms with E-state index in [0.29, 0.717) is 27.7 Å². The van der Waals surface area contributed by atoms with Crippen molar-refractivity contribution in [3.63, 3.8) is 0 Å². The molecule has 0 radical (unpaired) electrons. The number of fused-ring (bicyclic) bond motifs is 1. The number of hydrazine groups is 1. The van der Waals surface area contributed by atoms with E-state index < -0.39 is 120 Å². The van der Waals surface area contributed by atoms with Gasteiger partial charge in [-0.25, -0.2) is 15.2 Å². The summed E-state index contributed by atoms with van der Waals surface area (Å²) < 4.78 is 5.97. The van der Waals surface area contributed by atoms with E-state index >= 15 is 0 Å². The smallest absolute Gasteiger partial charge is 0.330 e. The molecule has 11 amide bonds. The highest BCUT2D eigenvalue weighted by atomic mass is 16.5. The second-order valence-electron chi connectivity index (χ2n) is 21.5. The van der Waals surface area contributed by atoms with Crippen molar-refractivity contribution < 1.29 is 62.9 Å². The van der Waals surface area contributed by atoms with Gasteiger partial charge in [-0.1, -0.05) is 44.2 Å². The predicted octanol–water partition coefficient (Wildman–Crippen LogP) is -3.10. The molecule has 1 fully saturated rings. The highest BCUT2D eigenvalue weighted by Crippen LogP contribution is 2.20. The van der Waals surface area contributed by atoms with Crippen molar-refractivity contribution in [1.29, 1.82) is 0 Å². The largest absolute Gasteiger partial charge is 0.508 e. The van der Waals surface area contributed by atoms with Crippen molar-refractivity contribution in [3.05, 3.63) is 84.1 Å². The number of phenolic OH excluding ortho intramolecular Hbond substituents is 1. The lowest BCUT2D eigenvalue weighted by atomic mass is 10.0. The molecule has 30 heteroatoms. The summed E-state index contributed by atoms with van der Waals surface area (Å²) in [6.45, 7) is 7.17. The number of phenols is 1. The van der Waals surface area contributed by atoms with Crippen LogP contribution in [0.25, 0.3) is 10.9 Å². The molecular weight excluding hydrogens is 1090 g/mol. The van der Waals surface area contributed by atoms with Gasteiger partial charge in [0.15, 0.2) is 5.96 Å². The second-order valence-corrected chi connectivity index (χ2v) is 21.5. The Bertz CT molecular complexity index is 2960. The Morgan fingerprint density at radius 1 is 0.714 bits per heavy atom.